The maximum atomic E-state index is 2.48. The molecule has 0 aromatic rings. The first-order valence-corrected chi connectivity index (χ1v) is 8.60. The molecule has 1 heteroatoms. The Morgan fingerprint density at radius 1 is 0.938 bits per heavy atom. The SMILES string of the molecule is CC1=C(C)[C](C)([Zr][CH]2C=CC=C2)C(C)=C1C. The Morgan fingerprint density at radius 3 is 1.81 bits per heavy atom. The summed E-state index contributed by atoms with van der Waals surface area (Å²) in [4.78, 5) is 0. The number of allylic oxidation sites excluding steroid dienone is 8. The van der Waals surface area contributed by atoms with Crippen LogP contribution >= 0.6 is 0 Å². The summed E-state index contributed by atoms with van der Waals surface area (Å²) in [6.45, 7) is 11.7. The van der Waals surface area contributed by atoms with E-state index in [0.717, 1.165) is 3.63 Å². The maximum absolute atomic E-state index is 2.48. The van der Waals surface area contributed by atoms with Crippen molar-refractivity contribution in [2.45, 2.75) is 41.4 Å². The summed E-state index contributed by atoms with van der Waals surface area (Å²) in [6, 6.07) is 0. The molecule has 0 radical (unpaired) electrons. The zero-order chi connectivity index (χ0) is 11.9. The normalized spacial score (nSPS) is 23.8. The van der Waals surface area contributed by atoms with Crippen LogP contribution in [0.1, 0.15) is 34.6 Å². The van der Waals surface area contributed by atoms with Crippen LogP contribution in [0.4, 0.5) is 0 Å². The van der Waals surface area contributed by atoms with Crippen molar-refractivity contribution in [2.75, 3.05) is 0 Å². The average Bonchev–Trinajstić information content (AvgIpc) is 2.80. The van der Waals surface area contributed by atoms with Crippen LogP contribution in [0, 0.1) is 0 Å². The summed E-state index contributed by atoms with van der Waals surface area (Å²) in [5.74, 6) is 0. The molecule has 0 N–H and O–H groups in total. The molecule has 0 saturated heterocycles. The Kier molecular flexibility index (Phi) is 3.28. The standard InChI is InChI=1S/C10H15.C5H5.Zr/c1-6-7(2)9(4)10(5)8(6)3;1-2-4-5-3-1;/h1-5H3;1-5H;. The molecule has 0 saturated carbocycles. The second kappa shape index (κ2) is 4.26. The van der Waals surface area contributed by atoms with Crippen molar-refractivity contribution in [2.24, 2.45) is 0 Å². The Morgan fingerprint density at radius 2 is 1.38 bits per heavy atom. The van der Waals surface area contributed by atoms with Gasteiger partial charge in [0.25, 0.3) is 0 Å². The van der Waals surface area contributed by atoms with E-state index < -0.39 is 23.2 Å². The molecule has 0 heterocycles. The molecule has 0 aromatic heterocycles. The van der Waals surface area contributed by atoms with Gasteiger partial charge in [-0.25, -0.2) is 0 Å². The summed E-state index contributed by atoms with van der Waals surface area (Å²) >= 11 is -0.493. The van der Waals surface area contributed by atoms with Crippen molar-refractivity contribution in [3.63, 3.8) is 0 Å². The van der Waals surface area contributed by atoms with E-state index in [0.29, 0.717) is 3.12 Å². The van der Waals surface area contributed by atoms with Crippen LogP contribution in [-0.2, 0) is 23.2 Å². The van der Waals surface area contributed by atoms with Crippen molar-refractivity contribution in [1.82, 2.24) is 0 Å². The van der Waals surface area contributed by atoms with Crippen LogP contribution in [0.25, 0.3) is 0 Å². The third-order valence-electron chi connectivity index (χ3n) is 4.39. The van der Waals surface area contributed by atoms with Gasteiger partial charge in [-0.2, -0.15) is 0 Å². The molecule has 0 atom stereocenters. The molecular formula is C15H20Zr. The zero-order valence-corrected chi connectivity index (χ0v) is 13.3. The van der Waals surface area contributed by atoms with Gasteiger partial charge in [0.05, 0.1) is 0 Å². The van der Waals surface area contributed by atoms with Gasteiger partial charge in [0.1, 0.15) is 0 Å². The number of hydrogen-bond acceptors (Lipinski definition) is 0. The van der Waals surface area contributed by atoms with E-state index in [4.69, 9.17) is 0 Å². The summed E-state index contributed by atoms with van der Waals surface area (Å²) in [5, 5.41) is 0. The molecule has 0 aromatic carbocycles. The van der Waals surface area contributed by atoms with Crippen molar-refractivity contribution >= 4 is 0 Å². The Hall–Kier alpha value is -0.157. The average molecular weight is 292 g/mol. The minimum absolute atomic E-state index is 0.446. The van der Waals surface area contributed by atoms with Crippen molar-refractivity contribution in [1.29, 1.82) is 0 Å². The molecule has 2 aliphatic rings. The summed E-state index contributed by atoms with van der Waals surface area (Å²) in [6.07, 6.45) is 9.20. The van der Waals surface area contributed by atoms with Crippen LogP contribution in [0.5, 0.6) is 0 Å². The summed E-state index contributed by atoms with van der Waals surface area (Å²) in [5.41, 5.74) is 6.38. The van der Waals surface area contributed by atoms with Gasteiger partial charge in [-0.15, -0.1) is 0 Å². The molecule has 0 nitrogen and oxygen atoms in total. The molecular weight excluding hydrogens is 271 g/mol. The fourth-order valence-electron chi connectivity index (χ4n) is 2.67. The Labute approximate surface area is 111 Å². The van der Waals surface area contributed by atoms with Crippen molar-refractivity contribution < 1.29 is 23.2 Å². The van der Waals surface area contributed by atoms with Crippen LogP contribution in [0.15, 0.2) is 46.6 Å². The Bertz CT molecular complexity index is 396. The van der Waals surface area contributed by atoms with Gasteiger partial charge in [-0.3, -0.25) is 0 Å². The molecule has 0 bridgehead atoms. The number of rotatable bonds is 2. The molecule has 0 unspecified atom stereocenters. The van der Waals surface area contributed by atoms with Crippen LogP contribution in [-0.4, -0.2) is 0 Å². The van der Waals surface area contributed by atoms with E-state index in [1.54, 1.807) is 22.3 Å². The molecule has 16 heavy (non-hydrogen) atoms. The molecule has 0 fully saturated rings. The van der Waals surface area contributed by atoms with Crippen LogP contribution in [0.3, 0.4) is 0 Å². The van der Waals surface area contributed by atoms with Gasteiger partial charge in [-0.1, -0.05) is 0 Å². The van der Waals surface area contributed by atoms with Gasteiger partial charge in [0.2, 0.25) is 0 Å². The summed E-state index contributed by atoms with van der Waals surface area (Å²) < 4.78 is 1.23. The molecule has 2 aliphatic carbocycles. The predicted octanol–water partition coefficient (Wildman–Crippen LogP) is 4.85. The van der Waals surface area contributed by atoms with Gasteiger partial charge in [-0.05, 0) is 0 Å². The van der Waals surface area contributed by atoms with Gasteiger partial charge < -0.3 is 0 Å². The quantitative estimate of drug-likeness (QED) is 0.682. The van der Waals surface area contributed by atoms with E-state index in [2.05, 4.69) is 58.9 Å². The molecule has 0 spiro atoms. The third kappa shape index (κ3) is 1.78. The monoisotopic (exact) mass is 290 g/mol. The van der Waals surface area contributed by atoms with Crippen molar-refractivity contribution in [3.8, 4) is 0 Å². The Balaban J connectivity index is 2.31. The molecule has 0 amide bonds. The fourth-order valence-corrected chi connectivity index (χ4v) is 7.32. The van der Waals surface area contributed by atoms with E-state index in [1.807, 2.05) is 0 Å². The van der Waals surface area contributed by atoms with E-state index in [9.17, 15) is 0 Å². The number of hydrogen-bond donors (Lipinski definition) is 0. The summed E-state index contributed by atoms with van der Waals surface area (Å²) in [7, 11) is 0. The first kappa shape index (κ1) is 12.3. The minimum atomic E-state index is -0.493. The molecule has 2 rings (SSSR count). The third-order valence-corrected chi connectivity index (χ3v) is 9.42. The zero-order valence-electron chi connectivity index (χ0n) is 10.9. The van der Waals surface area contributed by atoms with E-state index in [-0.39, 0.29) is 0 Å². The van der Waals surface area contributed by atoms with E-state index >= 15 is 0 Å². The van der Waals surface area contributed by atoms with Crippen molar-refractivity contribution in [3.05, 3.63) is 46.6 Å². The second-order valence-corrected chi connectivity index (χ2v) is 9.87. The topological polar surface area (TPSA) is 0 Å². The second-order valence-electron chi connectivity index (χ2n) is 5.06. The molecule has 0 aliphatic heterocycles. The van der Waals surface area contributed by atoms with Gasteiger partial charge >= 0.3 is 111 Å². The van der Waals surface area contributed by atoms with Crippen LogP contribution < -0.4 is 0 Å². The van der Waals surface area contributed by atoms with Gasteiger partial charge in [0, 0.05) is 0 Å². The van der Waals surface area contributed by atoms with Crippen LogP contribution in [0.2, 0.25) is 6.75 Å². The fraction of sp³-hybridized carbons (Fsp3) is 0.467. The first-order chi connectivity index (χ1) is 7.47. The van der Waals surface area contributed by atoms with E-state index in [1.165, 1.54) is 0 Å². The molecule has 84 valence electrons. The van der Waals surface area contributed by atoms with Gasteiger partial charge in [0.15, 0.2) is 0 Å². The first-order valence-electron chi connectivity index (χ1n) is 5.96. The predicted molar refractivity (Wildman–Crippen MR) is 67.1 cm³/mol.